The predicted molar refractivity (Wildman–Crippen MR) is 121 cm³/mol. The Hall–Kier alpha value is -4.05. The van der Waals surface area contributed by atoms with Crippen LogP contribution in [0.25, 0.3) is 11.6 Å². The molecule has 1 amide bonds. The van der Waals surface area contributed by atoms with E-state index >= 15 is 0 Å². The maximum absolute atomic E-state index is 13.0. The van der Waals surface area contributed by atoms with E-state index in [2.05, 4.69) is 5.32 Å². The van der Waals surface area contributed by atoms with Gasteiger partial charge >= 0.3 is 6.18 Å². The molecule has 33 heavy (non-hydrogen) atoms. The minimum absolute atomic E-state index is 0.0748. The van der Waals surface area contributed by atoms with E-state index in [1.165, 1.54) is 18.2 Å². The second-order valence-corrected chi connectivity index (χ2v) is 7.46. The van der Waals surface area contributed by atoms with Crippen molar-refractivity contribution in [2.75, 3.05) is 11.9 Å². The number of carbonyl (C=O) groups excluding carboxylic acids is 1. The fourth-order valence-electron chi connectivity index (χ4n) is 3.07. The summed E-state index contributed by atoms with van der Waals surface area (Å²) in [5, 5.41) is 12.2. The highest BCUT2D eigenvalue weighted by atomic mass is 19.4. The van der Waals surface area contributed by atoms with Crippen molar-refractivity contribution in [3.8, 4) is 11.8 Å². The molecule has 0 saturated carbocycles. The van der Waals surface area contributed by atoms with Gasteiger partial charge in [-0.3, -0.25) is 4.79 Å². The van der Waals surface area contributed by atoms with Crippen LogP contribution in [0.2, 0.25) is 0 Å². The summed E-state index contributed by atoms with van der Waals surface area (Å²) in [6.07, 6.45) is -3.03. The van der Waals surface area contributed by atoms with E-state index in [4.69, 9.17) is 4.74 Å². The van der Waals surface area contributed by atoms with Crippen LogP contribution in [0.3, 0.4) is 0 Å². The van der Waals surface area contributed by atoms with Crippen molar-refractivity contribution in [2.45, 2.75) is 20.0 Å². The van der Waals surface area contributed by atoms with Crippen LogP contribution in [0.4, 0.5) is 18.9 Å². The van der Waals surface area contributed by atoms with Crippen molar-refractivity contribution in [3.05, 3.63) is 94.5 Å². The first-order chi connectivity index (χ1) is 15.7. The van der Waals surface area contributed by atoms with Crippen molar-refractivity contribution < 1.29 is 22.7 Å². The lowest BCUT2D eigenvalue weighted by Crippen LogP contribution is -2.20. The molecular weight excluding hydrogens is 429 g/mol. The van der Waals surface area contributed by atoms with Gasteiger partial charge in [-0.15, -0.1) is 0 Å². The van der Waals surface area contributed by atoms with E-state index in [1.54, 1.807) is 24.3 Å². The normalized spacial score (nSPS) is 11.6. The lowest BCUT2D eigenvalue weighted by atomic mass is 10.0. The van der Waals surface area contributed by atoms with Crippen LogP contribution in [-0.4, -0.2) is 12.5 Å². The number of hydrogen-bond donors (Lipinski definition) is 1. The molecule has 4 nitrogen and oxygen atoms in total. The summed E-state index contributed by atoms with van der Waals surface area (Å²) in [6, 6.07) is 18.7. The molecule has 3 rings (SSSR count). The first-order valence-corrected chi connectivity index (χ1v) is 10.0. The van der Waals surface area contributed by atoms with Crippen molar-refractivity contribution in [1.29, 1.82) is 5.26 Å². The quantitative estimate of drug-likeness (QED) is 0.349. The number of ether oxygens (including phenoxy) is 1. The fourth-order valence-corrected chi connectivity index (χ4v) is 3.07. The number of benzene rings is 3. The molecule has 0 aliphatic heterocycles. The summed E-state index contributed by atoms with van der Waals surface area (Å²) < 4.78 is 44.5. The third-order valence-corrected chi connectivity index (χ3v) is 4.95. The van der Waals surface area contributed by atoms with E-state index in [-0.39, 0.29) is 23.7 Å². The average Bonchev–Trinajstić information content (AvgIpc) is 2.78. The monoisotopic (exact) mass is 450 g/mol. The Morgan fingerprint density at radius 3 is 2.48 bits per heavy atom. The average molecular weight is 450 g/mol. The summed E-state index contributed by atoms with van der Waals surface area (Å²) in [7, 11) is 0. The number of nitrogens with zero attached hydrogens (tertiary/aromatic N) is 1. The number of hydrogen-bond acceptors (Lipinski definition) is 3. The Kier molecular flexibility index (Phi) is 7.19. The number of aryl methyl sites for hydroxylation is 2. The Balaban J connectivity index is 1.71. The van der Waals surface area contributed by atoms with E-state index in [1.807, 2.05) is 38.1 Å². The van der Waals surface area contributed by atoms with Gasteiger partial charge in [-0.25, -0.2) is 0 Å². The van der Waals surface area contributed by atoms with Gasteiger partial charge in [0.2, 0.25) is 0 Å². The second kappa shape index (κ2) is 10.0. The highest BCUT2D eigenvalue weighted by Crippen LogP contribution is 2.31. The molecule has 0 unspecified atom stereocenters. The van der Waals surface area contributed by atoms with Crippen LogP contribution in [0, 0.1) is 25.2 Å². The Labute approximate surface area is 189 Å². The van der Waals surface area contributed by atoms with Crippen LogP contribution in [0.15, 0.2) is 66.7 Å². The minimum atomic E-state index is -4.50. The number of amides is 1. The van der Waals surface area contributed by atoms with Gasteiger partial charge in [0.15, 0.2) is 6.61 Å². The molecule has 1 N–H and O–H groups in total. The maximum Gasteiger partial charge on any atom is 0.416 e. The molecular formula is C26H21F3N2O2. The number of rotatable bonds is 6. The summed E-state index contributed by atoms with van der Waals surface area (Å²) in [4.78, 5) is 12.2. The molecule has 0 aromatic heterocycles. The first-order valence-electron chi connectivity index (χ1n) is 10.0. The van der Waals surface area contributed by atoms with Gasteiger partial charge in [-0.2, -0.15) is 18.4 Å². The van der Waals surface area contributed by atoms with Crippen LogP contribution >= 0.6 is 0 Å². The highest BCUT2D eigenvalue weighted by Gasteiger charge is 2.30. The third-order valence-electron chi connectivity index (χ3n) is 4.95. The standard InChI is InChI=1S/C26H21F3N2O2/c1-17-9-10-23(11-18(17)2)31-25(32)16-33-24-8-3-5-19(13-24)12-21(15-30)20-6-4-7-22(14-20)26(27,28)29/h3-14H,16H2,1-2H3,(H,31,32)/b21-12-. The number of carbonyl (C=O) groups is 1. The van der Waals surface area contributed by atoms with Crippen molar-refractivity contribution in [2.24, 2.45) is 0 Å². The lowest BCUT2D eigenvalue weighted by Gasteiger charge is -2.10. The van der Waals surface area contributed by atoms with E-state index in [0.717, 1.165) is 23.3 Å². The summed E-state index contributed by atoms with van der Waals surface area (Å²) in [5.74, 6) is 0.0567. The highest BCUT2D eigenvalue weighted by molar-refractivity contribution is 5.92. The van der Waals surface area contributed by atoms with Gasteiger partial charge in [-0.05, 0) is 78.6 Å². The van der Waals surface area contributed by atoms with Gasteiger partial charge < -0.3 is 10.1 Å². The SMILES string of the molecule is Cc1ccc(NC(=O)COc2cccc(/C=C(/C#N)c3cccc(C(F)(F)F)c3)c2)cc1C. The number of anilines is 1. The van der Waals surface area contributed by atoms with Crippen molar-refractivity contribution in [3.63, 3.8) is 0 Å². The minimum Gasteiger partial charge on any atom is -0.484 e. The molecule has 0 radical (unpaired) electrons. The summed E-state index contributed by atoms with van der Waals surface area (Å²) in [5.41, 5.74) is 2.81. The van der Waals surface area contributed by atoms with E-state index in [9.17, 15) is 23.2 Å². The predicted octanol–water partition coefficient (Wildman–Crippen LogP) is 6.40. The fraction of sp³-hybridized carbons (Fsp3) is 0.154. The van der Waals surface area contributed by atoms with Crippen LogP contribution in [0.5, 0.6) is 5.75 Å². The van der Waals surface area contributed by atoms with Crippen molar-refractivity contribution >= 4 is 23.2 Å². The molecule has 0 saturated heterocycles. The summed E-state index contributed by atoms with van der Waals surface area (Å²) >= 11 is 0. The van der Waals surface area contributed by atoms with E-state index in [0.29, 0.717) is 17.0 Å². The lowest BCUT2D eigenvalue weighted by molar-refractivity contribution is -0.137. The number of nitriles is 1. The molecule has 0 aliphatic carbocycles. The Morgan fingerprint density at radius 2 is 1.79 bits per heavy atom. The molecule has 0 bridgehead atoms. The zero-order valence-electron chi connectivity index (χ0n) is 18.0. The zero-order chi connectivity index (χ0) is 24.0. The van der Waals surface area contributed by atoms with Crippen molar-refractivity contribution in [1.82, 2.24) is 0 Å². The Morgan fingerprint density at radius 1 is 1.03 bits per heavy atom. The number of allylic oxidation sites excluding steroid dienone is 1. The number of halogens is 3. The maximum atomic E-state index is 13.0. The van der Waals surface area contributed by atoms with Crippen LogP contribution in [-0.2, 0) is 11.0 Å². The van der Waals surface area contributed by atoms with E-state index < -0.39 is 11.7 Å². The first kappa shape index (κ1) is 23.6. The Bertz CT molecular complexity index is 1240. The molecule has 7 heteroatoms. The van der Waals surface area contributed by atoms with Gasteiger partial charge in [-0.1, -0.05) is 30.3 Å². The largest absolute Gasteiger partial charge is 0.484 e. The van der Waals surface area contributed by atoms with Gasteiger partial charge in [0.25, 0.3) is 5.91 Å². The molecule has 0 spiro atoms. The van der Waals surface area contributed by atoms with Crippen LogP contribution in [0.1, 0.15) is 27.8 Å². The van der Waals surface area contributed by atoms with Gasteiger partial charge in [0, 0.05) is 5.69 Å². The molecule has 168 valence electrons. The number of alkyl halides is 3. The van der Waals surface area contributed by atoms with Crippen LogP contribution < -0.4 is 10.1 Å². The molecule has 0 fully saturated rings. The molecule has 0 atom stereocenters. The smallest absolute Gasteiger partial charge is 0.416 e. The zero-order valence-corrected chi connectivity index (χ0v) is 18.0. The summed E-state index contributed by atoms with van der Waals surface area (Å²) in [6.45, 7) is 3.71. The van der Waals surface area contributed by atoms with Gasteiger partial charge in [0.05, 0.1) is 17.2 Å². The third kappa shape index (κ3) is 6.47. The number of nitrogens with one attached hydrogen (secondary N) is 1. The second-order valence-electron chi connectivity index (χ2n) is 7.46. The molecule has 3 aromatic rings. The topological polar surface area (TPSA) is 62.1 Å². The van der Waals surface area contributed by atoms with Gasteiger partial charge in [0.1, 0.15) is 5.75 Å². The molecule has 0 heterocycles. The molecule has 0 aliphatic rings. The molecule has 3 aromatic carbocycles.